The van der Waals surface area contributed by atoms with Gasteiger partial charge in [0.1, 0.15) is 5.82 Å². The lowest BCUT2D eigenvalue weighted by molar-refractivity contribution is -0.131. The first-order valence-electron chi connectivity index (χ1n) is 8.17. The summed E-state index contributed by atoms with van der Waals surface area (Å²) >= 11 is 0. The van der Waals surface area contributed by atoms with E-state index < -0.39 is 0 Å². The number of hydrogen-bond donors (Lipinski definition) is 0. The first-order chi connectivity index (χ1) is 11.1. The number of carbonyl (C=O) groups excluding carboxylic acids is 1. The summed E-state index contributed by atoms with van der Waals surface area (Å²) in [6.07, 6.45) is 8.95. The van der Waals surface area contributed by atoms with Crippen LogP contribution in [0.25, 0.3) is 0 Å². The summed E-state index contributed by atoms with van der Waals surface area (Å²) in [4.78, 5) is 14.8. The normalized spacial score (nSPS) is 26.9. The molecule has 3 rings (SSSR count). The van der Waals surface area contributed by atoms with Gasteiger partial charge in [0, 0.05) is 17.7 Å². The molecule has 1 aromatic rings. The van der Waals surface area contributed by atoms with Crippen LogP contribution in [0, 0.1) is 5.82 Å². The zero-order valence-electron chi connectivity index (χ0n) is 13.2. The van der Waals surface area contributed by atoms with E-state index in [0.717, 1.165) is 25.7 Å². The number of piperidine rings is 1. The van der Waals surface area contributed by atoms with Crippen LogP contribution in [0.3, 0.4) is 0 Å². The Kier molecular flexibility index (Phi) is 4.46. The quantitative estimate of drug-likeness (QED) is 0.597. The second-order valence-electron chi connectivity index (χ2n) is 6.38. The number of carbonyl (C=O) groups is 1. The molecule has 0 N–H and O–H groups in total. The van der Waals surface area contributed by atoms with Crippen LogP contribution in [0.4, 0.5) is 4.39 Å². The molecule has 0 aliphatic carbocycles. The fraction of sp³-hybridized carbons (Fsp3) is 0.350. The Hall–Kier alpha value is -2.16. The van der Waals surface area contributed by atoms with Gasteiger partial charge in [-0.05, 0) is 49.3 Å². The van der Waals surface area contributed by atoms with Gasteiger partial charge in [-0.2, -0.15) is 0 Å². The first-order valence-corrected chi connectivity index (χ1v) is 8.17. The summed E-state index contributed by atoms with van der Waals surface area (Å²) in [7, 11) is 0. The molecule has 0 radical (unpaired) electrons. The van der Waals surface area contributed by atoms with Crippen molar-refractivity contribution in [1.82, 2.24) is 4.90 Å². The molecule has 2 aliphatic heterocycles. The van der Waals surface area contributed by atoms with Gasteiger partial charge in [0.2, 0.25) is 0 Å². The summed E-state index contributed by atoms with van der Waals surface area (Å²) in [5.74, 6) is 0.271. The third kappa shape index (κ3) is 3.00. The van der Waals surface area contributed by atoms with Crippen LogP contribution < -0.4 is 0 Å². The van der Waals surface area contributed by atoms with Crippen molar-refractivity contribution in [3.63, 3.8) is 0 Å². The van der Waals surface area contributed by atoms with Crippen molar-refractivity contribution < 1.29 is 9.18 Å². The van der Waals surface area contributed by atoms with E-state index in [1.165, 1.54) is 17.7 Å². The van der Waals surface area contributed by atoms with Crippen molar-refractivity contribution in [3.05, 3.63) is 72.6 Å². The van der Waals surface area contributed by atoms with Crippen LogP contribution in [-0.4, -0.2) is 22.9 Å². The Bertz CT molecular complexity index is 632. The van der Waals surface area contributed by atoms with Crippen LogP contribution in [0.15, 0.2) is 61.2 Å². The molecular weight excluding hydrogens is 289 g/mol. The number of allylic oxidation sites excluding steroid dienone is 2. The molecule has 2 nitrogen and oxygen atoms in total. The number of fused-ring (bicyclic) bond motifs is 2. The van der Waals surface area contributed by atoms with E-state index in [9.17, 15) is 9.18 Å². The molecule has 2 bridgehead atoms. The van der Waals surface area contributed by atoms with Gasteiger partial charge < -0.3 is 4.90 Å². The number of rotatable bonds is 4. The summed E-state index contributed by atoms with van der Waals surface area (Å²) in [6, 6.07) is 7.34. The van der Waals surface area contributed by atoms with Crippen molar-refractivity contribution in [2.45, 2.75) is 43.7 Å². The standard InChI is InChI=1S/C20H22FNO/c1-3-5-14(4-2)20(23)22-18-10-11-19(22)13-16(12-18)15-6-8-17(21)9-7-15/h3-9,16,18-19H,1-2,10-13H2/b14-5+. The number of hydrogen-bond acceptors (Lipinski definition) is 1. The SMILES string of the molecule is C=C/C=C(\C=C)C(=O)N1C2CCC1CC(c1ccc(F)cc1)C2. The largest absolute Gasteiger partial charge is 0.333 e. The van der Waals surface area contributed by atoms with Crippen LogP contribution in [0.1, 0.15) is 37.2 Å². The maximum Gasteiger partial charge on any atom is 0.254 e. The van der Waals surface area contributed by atoms with Gasteiger partial charge in [-0.1, -0.05) is 43.5 Å². The minimum Gasteiger partial charge on any atom is -0.333 e. The lowest BCUT2D eigenvalue weighted by atomic mass is 9.84. The molecule has 2 aliphatic rings. The molecule has 120 valence electrons. The minimum atomic E-state index is -0.200. The topological polar surface area (TPSA) is 20.3 Å². The van der Waals surface area contributed by atoms with E-state index in [2.05, 4.69) is 13.2 Å². The van der Waals surface area contributed by atoms with Gasteiger partial charge in [-0.3, -0.25) is 4.79 Å². The Morgan fingerprint density at radius 2 is 1.74 bits per heavy atom. The summed E-state index contributed by atoms with van der Waals surface area (Å²) in [5.41, 5.74) is 1.79. The maximum atomic E-state index is 13.1. The Morgan fingerprint density at radius 3 is 2.26 bits per heavy atom. The third-order valence-electron chi connectivity index (χ3n) is 5.07. The third-order valence-corrected chi connectivity index (χ3v) is 5.07. The molecule has 0 saturated carbocycles. The van der Waals surface area contributed by atoms with E-state index in [1.54, 1.807) is 18.2 Å². The molecule has 0 aromatic heterocycles. The average Bonchev–Trinajstić information content (AvgIpc) is 2.82. The summed E-state index contributed by atoms with van der Waals surface area (Å²) in [5, 5.41) is 0. The number of nitrogens with zero attached hydrogens (tertiary/aromatic N) is 1. The van der Waals surface area contributed by atoms with E-state index in [4.69, 9.17) is 0 Å². The molecule has 2 fully saturated rings. The van der Waals surface area contributed by atoms with Gasteiger partial charge in [-0.15, -0.1) is 0 Å². The maximum absolute atomic E-state index is 13.1. The van der Waals surface area contributed by atoms with E-state index in [1.807, 2.05) is 17.0 Å². The summed E-state index contributed by atoms with van der Waals surface area (Å²) < 4.78 is 13.1. The number of halogens is 1. The van der Waals surface area contributed by atoms with E-state index in [0.29, 0.717) is 11.5 Å². The fourth-order valence-electron chi connectivity index (χ4n) is 4.02. The molecule has 2 heterocycles. The Balaban J connectivity index is 1.78. The van der Waals surface area contributed by atoms with E-state index >= 15 is 0 Å². The molecule has 2 atom stereocenters. The molecule has 2 unspecified atom stereocenters. The van der Waals surface area contributed by atoms with Gasteiger partial charge in [0.15, 0.2) is 0 Å². The lowest BCUT2D eigenvalue weighted by Gasteiger charge is -2.39. The number of amides is 1. The van der Waals surface area contributed by atoms with Crippen molar-refractivity contribution in [2.24, 2.45) is 0 Å². The predicted molar refractivity (Wildman–Crippen MR) is 90.5 cm³/mol. The van der Waals surface area contributed by atoms with Gasteiger partial charge in [0.05, 0.1) is 0 Å². The minimum absolute atomic E-state index is 0.0601. The lowest BCUT2D eigenvalue weighted by Crippen LogP contribution is -2.46. The molecule has 23 heavy (non-hydrogen) atoms. The van der Waals surface area contributed by atoms with Gasteiger partial charge in [-0.25, -0.2) is 4.39 Å². The second kappa shape index (κ2) is 6.53. The number of benzene rings is 1. The molecule has 1 aromatic carbocycles. The molecule has 0 spiro atoms. The monoisotopic (exact) mass is 311 g/mol. The smallest absolute Gasteiger partial charge is 0.254 e. The predicted octanol–water partition coefficient (Wildman–Crippen LogP) is 4.36. The van der Waals surface area contributed by atoms with Crippen molar-refractivity contribution in [2.75, 3.05) is 0 Å². The van der Waals surface area contributed by atoms with Gasteiger partial charge in [0.25, 0.3) is 5.91 Å². The molecule has 3 heteroatoms. The first kappa shape index (κ1) is 15.7. The van der Waals surface area contributed by atoms with Crippen molar-refractivity contribution in [3.8, 4) is 0 Å². The van der Waals surface area contributed by atoms with Crippen molar-refractivity contribution >= 4 is 5.91 Å². The van der Waals surface area contributed by atoms with Crippen LogP contribution >= 0.6 is 0 Å². The Labute approximate surface area is 137 Å². The van der Waals surface area contributed by atoms with Crippen LogP contribution in [0.5, 0.6) is 0 Å². The van der Waals surface area contributed by atoms with E-state index in [-0.39, 0.29) is 23.8 Å². The van der Waals surface area contributed by atoms with Crippen molar-refractivity contribution in [1.29, 1.82) is 0 Å². The highest BCUT2D eigenvalue weighted by Crippen LogP contribution is 2.43. The highest BCUT2D eigenvalue weighted by atomic mass is 19.1. The fourth-order valence-corrected chi connectivity index (χ4v) is 4.02. The van der Waals surface area contributed by atoms with Crippen LogP contribution in [-0.2, 0) is 4.79 Å². The second-order valence-corrected chi connectivity index (χ2v) is 6.38. The zero-order chi connectivity index (χ0) is 16.4. The average molecular weight is 311 g/mol. The Morgan fingerprint density at radius 1 is 1.13 bits per heavy atom. The summed E-state index contributed by atoms with van der Waals surface area (Å²) in [6.45, 7) is 7.40. The zero-order valence-corrected chi connectivity index (χ0v) is 13.2. The molecular formula is C20H22FNO. The highest BCUT2D eigenvalue weighted by molar-refractivity contribution is 5.97. The molecule has 2 saturated heterocycles. The van der Waals surface area contributed by atoms with Gasteiger partial charge >= 0.3 is 0 Å². The van der Waals surface area contributed by atoms with Crippen LogP contribution in [0.2, 0.25) is 0 Å². The molecule has 1 amide bonds. The highest BCUT2D eigenvalue weighted by Gasteiger charge is 2.43.